The number of fused-ring (bicyclic) bond motifs is 1. The minimum Gasteiger partial charge on any atom is -0.322 e. The molecule has 0 unspecified atom stereocenters. The summed E-state index contributed by atoms with van der Waals surface area (Å²) >= 11 is 6.46. The summed E-state index contributed by atoms with van der Waals surface area (Å²) < 4.78 is 23.3. The van der Waals surface area contributed by atoms with Gasteiger partial charge in [-0.1, -0.05) is 66.2 Å². The van der Waals surface area contributed by atoms with Gasteiger partial charge < -0.3 is 10.6 Å². The fourth-order valence-corrected chi connectivity index (χ4v) is 5.96. The third kappa shape index (κ3) is 5.74. The average molecular weight is 537 g/mol. The van der Waals surface area contributed by atoms with Crippen LogP contribution >= 0.6 is 11.6 Å². The maximum absolute atomic E-state index is 13.2. The molecular weight excluding hydrogens is 512 g/mol. The topological polar surface area (TPSA) is 108 Å². The van der Waals surface area contributed by atoms with E-state index < -0.39 is 27.8 Å². The van der Waals surface area contributed by atoms with E-state index >= 15 is 0 Å². The number of benzodiazepines with no additional fused rings is 1. The lowest BCUT2D eigenvalue weighted by Crippen LogP contribution is -2.42. The second kappa shape index (κ2) is 10.5. The summed E-state index contributed by atoms with van der Waals surface area (Å²) in [5, 5.41) is 5.80. The number of carbonyl (C=O) groups is 2. The standard InChI is InChI=1S/C27H25ClN4O4S/c28-22-16-18(17-32-12-14-37(35,36)15-13-32)10-11-20(22)26(33)31-25-27(34)29-23-9-5-4-8-21(23)24(30-25)19-6-2-1-3-7-19/h1-11,16,25H,12-15,17H2,(H,29,34)(H,31,33)/t25-/m1/s1. The second-order valence-electron chi connectivity index (χ2n) is 9.00. The van der Waals surface area contributed by atoms with Crippen molar-refractivity contribution in [3.8, 4) is 0 Å². The molecule has 1 fully saturated rings. The Morgan fingerprint density at radius 3 is 2.46 bits per heavy atom. The summed E-state index contributed by atoms with van der Waals surface area (Å²) in [4.78, 5) is 32.9. The number of benzene rings is 3. The molecule has 0 saturated carbocycles. The summed E-state index contributed by atoms with van der Waals surface area (Å²) in [5.74, 6) is -0.706. The van der Waals surface area contributed by atoms with E-state index in [0.29, 0.717) is 31.0 Å². The van der Waals surface area contributed by atoms with Gasteiger partial charge in [-0.25, -0.2) is 13.4 Å². The molecule has 2 aliphatic heterocycles. The van der Waals surface area contributed by atoms with Gasteiger partial charge in [0.15, 0.2) is 9.84 Å². The van der Waals surface area contributed by atoms with Gasteiger partial charge in [0.25, 0.3) is 11.8 Å². The molecule has 0 aromatic heterocycles. The molecule has 2 heterocycles. The number of sulfone groups is 1. The van der Waals surface area contributed by atoms with Crippen LogP contribution in [-0.4, -0.2) is 61.6 Å². The monoisotopic (exact) mass is 536 g/mol. The van der Waals surface area contributed by atoms with Crippen molar-refractivity contribution in [1.29, 1.82) is 0 Å². The Hall–Kier alpha value is -3.53. The van der Waals surface area contributed by atoms with E-state index in [2.05, 4.69) is 15.6 Å². The molecular formula is C27H25ClN4O4S. The van der Waals surface area contributed by atoms with Crippen molar-refractivity contribution < 1.29 is 18.0 Å². The fourth-order valence-electron chi connectivity index (χ4n) is 4.39. The Morgan fingerprint density at radius 2 is 1.73 bits per heavy atom. The van der Waals surface area contributed by atoms with Crippen LogP contribution in [0.2, 0.25) is 5.02 Å². The zero-order valence-corrected chi connectivity index (χ0v) is 21.4. The Kier molecular flexibility index (Phi) is 7.10. The van der Waals surface area contributed by atoms with Gasteiger partial charge in [0.1, 0.15) is 0 Å². The quantitative estimate of drug-likeness (QED) is 0.521. The molecule has 3 aromatic carbocycles. The van der Waals surface area contributed by atoms with Crippen molar-refractivity contribution in [3.63, 3.8) is 0 Å². The lowest BCUT2D eigenvalue weighted by Gasteiger charge is -2.26. The average Bonchev–Trinajstić information content (AvgIpc) is 3.02. The van der Waals surface area contributed by atoms with Crippen molar-refractivity contribution in [2.24, 2.45) is 4.99 Å². The number of hydrogen-bond acceptors (Lipinski definition) is 6. The van der Waals surface area contributed by atoms with E-state index in [9.17, 15) is 18.0 Å². The van der Waals surface area contributed by atoms with Gasteiger partial charge in [-0.2, -0.15) is 0 Å². The van der Waals surface area contributed by atoms with Crippen LogP contribution in [0.1, 0.15) is 27.0 Å². The number of para-hydroxylation sites is 1. The third-order valence-corrected chi connectivity index (χ3v) is 8.30. The lowest BCUT2D eigenvalue weighted by atomic mass is 10.0. The van der Waals surface area contributed by atoms with E-state index in [1.807, 2.05) is 53.4 Å². The van der Waals surface area contributed by atoms with Gasteiger partial charge in [0, 0.05) is 30.8 Å². The largest absolute Gasteiger partial charge is 0.322 e. The van der Waals surface area contributed by atoms with Gasteiger partial charge in [0.2, 0.25) is 6.17 Å². The fraction of sp³-hybridized carbons (Fsp3) is 0.222. The van der Waals surface area contributed by atoms with Crippen molar-refractivity contribution in [2.75, 3.05) is 29.9 Å². The normalized spacial score (nSPS) is 19.2. The van der Waals surface area contributed by atoms with Crippen molar-refractivity contribution in [3.05, 3.63) is 100 Å². The molecule has 2 N–H and O–H groups in total. The molecule has 5 rings (SSSR count). The minimum atomic E-state index is -2.96. The van der Waals surface area contributed by atoms with E-state index in [1.165, 1.54) is 0 Å². The van der Waals surface area contributed by atoms with Gasteiger partial charge in [-0.3, -0.25) is 14.5 Å². The van der Waals surface area contributed by atoms with Gasteiger partial charge in [-0.15, -0.1) is 0 Å². The zero-order chi connectivity index (χ0) is 26.0. The highest BCUT2D eigenvalue weighted by atomic mass is 35.5. The highest BCUT2D eigenvalue weighted by molar-refractivity contribution is 7.91. The number of halogens is 1. The maximum Gasteiger partial charge on any atom is 0.269 e. The van der Waals surface area contributed by atoms with Crippen molar-refractivity contribution in [1.82, 2.24) is 10.2 Å². The molecule has 0 radical (unpaired) electrons. The smallest absolute Gasteiger partial charge is 0.269 e. The summed E-state index contributed by atoms with van der Waals surface area (Å²) in [7, 11) is -2.96. The number of carbonyl (C=O) groups excluding carboxylic acids is 2. The van der Waals surface area contributed by atoms with Crippen LogP contribution in [0.4, 0.5) is 5.69 Å². The Labute approximate surface area is 220 Å². The molecule has 2 aliphatic rings. The van der Waals surface area contributed by atoms with E-state index in [0.717, 1.165) is 16.7 Å². The summed E-state index contributed by atoms with van der Waals surface area (Å²) in [6.07, 6.45) is -1.17. The number of nitrogens with zero attached hydrogens (tertiary/aromatic N) is 2. The predicted molar refractivity (Wildman–Crippen MR) is 144 cm³/mol. The highest BCUT2D eigenvalue weighted by Gasteiger charge is 2.28. The molecule has 10 heteroatoms. The molecule has 0 aliphatic carbocycles. The number of aliphatic imine (C=N–C) groups is 1. The maximum atomic E-state index is 13.2. The molecule has 0 bridgehead atoms. The van der Waals surface area contributed by atoms with Crippen LogP contribution in [0.5, 0.6) is 0 Å². The van der Waals surface area contributed by atoms with Gasteiger partial charge >= 0.3 is 0 Å². The Bertz CT molecular complexity index is 1480. The SMILES string of the molecule is O=C(N[C@H]1N=C(c2ccccc2)c2ccccc2NC1=O)c1ccc(CN2CCS(=O)(=O)CC2)cc1Cl. The molecule has 3 aromatic rings. The summed E-state index contributed by atoms with van der Waals surface area (Å²) in [5.41, 5.74) is 3.86. The zero-order valence-electron chi connectivity index (χ0n) is 19.9. The second-order valence-corrected chi connectivity index (χ2v) is 11.7. The number of nitrogens with one attached hydrogen (secondary N) is 2. The molecule has 8 nitrogen and oxygen atoms in total. The first-order valence-electron chi connectivity index (χ1n) is 11.8. The first-order valence-corrected chi connectivity index (χ1v) is 14.0. The van der Waals surface area contributed by atoms with Crippen molar-refractivity contribution >= 4 is 44.7 Å². The minimum absolute atomic E-state index is 0.139. The molecule has 2 amide bonds. The summed E-state index contributed by atoms with van der Waals surface area (Å²) in [6, 6.07) is 21.9. The summed E-state index contributed by atoms with van der Waals surface area (Å²) in [6.45, 7) is 1.46. The van der Waals surface area contributed by atoms with Crippen LogP contribution in [-0.2, 0) is 21.2 Å². The van der Waals surface area contributed by atoms with Crippen LogP contribution < -0.4 is 10.6 Å². The number of hydrogen-bond donors (Lipinski definition) is 2. The molecule has 1 saturated heterocycles. The van der Waals surface area contributed by atoms with Crippen LogP contribution in [0.15, 0.2) is 77.8 Å². The van der Waals surface area contributed by atoms with Crippen LogP contribution in [0.3, 0.4) is 0 Å². The highest BCUT2D eigenvalue weighted by Crippen LogP contribution is 2.25. The van der Waals surface area contributed by atoms with Crippen molar-refractivity contribution in [2.45, 2.75) is 12.7 Å². The number of amides is 2. The Morgan fingerprint density at radius 1 is 1.03 bits per heavy atom. The van der Waals surface area contributed by atoms with Crippen LogP contribution in [0.25, 0.3) is 0 Å². The first kappa shape index (κ1) is 25.1. The van der Waals surface area contributed by atoms with E-state index in [4.69, 9.17) is 11.6 Å². The number of anilines is 1. The predicted octanol–water partition coefficient (Wildman–Crippen LogP) is 3.12. The van der Waals surface area contributed by atoms with E-state index in [-0.39, 0.29) is 22.1 Å². The number of rotatable bonds is 5. The van der Waals surface area contributed by atoms with Gasteiger partial charge in [0.05, 0.1) is 33.5 Å². The Balaban J connectivity index is 1.36. The van der Waals surface area contributed by atoms with E-state index in [1.54, 1.807) is 24.3 Å². The third-order valence-electron chi connectivity index (χ3n) is 6.38. The van der Waals surface area contributed by atoms with Crippen LogP contribution in [0, 0.1) is 0 Å². The molecule has 0 spiro atoms. The van der Waals surface area contributed by atoms with Gasteiger partial charge in [-0.05, 0) is 23.8 Å². The molecule has 37 heavy (non-hydrogen) atoms. The first-order chi connectivity index (χ1) is 17.8. The molecule has 190 valence electrons. The molecule has 1 atom stereocenters. The lowest BCUT2D eigenvalue weighted by molar-refractivity contribution is -0.117.